The van der Waals surface area contributed by atoms with Gasteiger partial charge in [0.15, 0.2) is 0 Å². The Kier molecular flexibility index (Phi) is 9.11. The van der Waals surface area contributed by atoms with E-state index in [1.165, 1.54) is 38.1 Å². The minimum atomic E-state index is -0.771. The topological polar surface area (TPSA) is 105 Å². The van der Waals surface area contributed by atoms with Crippen molar-refractivity contribution < 1.29 is 38.1 Å². The van der Waals surface area contributed by atoms with Crippen molar-refractivity contribution in [3.05, 3.63) is 84.0 Å². The smallest absolute Gasteiger partial charge is 0.346 e. The van der Waals surface area contributed by atoms with Gasteiger partial charge in [-0.2, -0.15) is 0 Å². The molecule has 0 heterocycles. The summed E-state index contributed by atoms with van der Waals surface area (Å²) in [6.07, 6.45) is 0.577. The van der Waals surface area contributed by atoms with Crippen molar-refractivity contribution in [1.82, 2.24) is 0 Å². The minimum absolute atomic E-state index is 0.138. The molecule has 2 aromatic rings. The number of esters is 4. The predicted molar refractivity (Wildman–Crippen MR) is 119 cm³/mol. The Labute approximate surface area is 191 Å². The molecule has 0 N–H and O–H groups in total. The van der Waals surface area contributed by atoms with Gasteiger partial charge in [0.05, 0.1) is 24.3 Å². The second-order valence-electron chi connectivity index (χ2n) is 7.01. The van der Waals surface area contributed by atoms with Crippen molar-refractivity contribution in [3.63, 3.8) is 0 Å². The molecule has 8 heteroatoms. The highest BCUT2D eigenvalue weighted by molar-refractivity contribution is 6.02. The van der Waals surface area contributed by atoms with Crippen LogP contribution in [-0.4, -0.2) is 37.1 Å². The molecule has 0 radical (unpaired) electrons. The third kappa shape index (κ3) is 8.10. The van der Waals surface area contributed by atoms with Gasteiger partial charge in [-0.05, 0) is 62.4 Å². The van der Waals surface area contributed by atoms with Gasteiger partial charge >= 0.3 is 23.9 Å². The molecule has 0 spiro atoms. The molecule has 0 amide bonds. The molecular formula is C25H24O8. The first-order valence-electron chi connectivity index (χ1n) is 9.97. The maximum absolute atomic E-state index is 11.9. The van der Waals surface area contributed by atoms with E-state index in [2.05, 4.69) is 22.6 Å². The van der Waals surface area contributed by atoms with E-state index in [-0.39, 0.29) is 22.3 Å². The lowest BCUT2D eigenvalue weighted by Gasteiger charge is -2.09. The van der Waals surface area contributed by atoms with Crippen LogP contribution in [0.2, 0.25) is 0 Å². The molecule has 0 aliphatic rings. The summed E-state index contributed by atoms with van der Waals surface area (Å²) in [5.41, 5.74) is 0.714. The van der Waals surface area contributed by atoms with Crippen molar-refractivity contribution in [1.29, 1.82) is 0 Å². The molecule has 0 aromatic heterocycles. The first kappa shape index (κ1) is 25.1. The van der Waals surface area contributed by atoms with E-state index < -0.39 is 23.9 Å². The first-order valence-corrected chi connectivity index (χ1v) is 9.97. The maximum atomic E-state index is 11.9. The third-order valence-electron chi connectivity index (χ3n) is 4.07. The zero-order chi connectivity index (χ0) is 24.4. The molecule has 8 nitrogen and oxygen atoms in total. The molecule has 0 bridgehead atoms. The molecule has 33 heavy (non-hydrogen) atoms. The maximum Gasteiger partial charge on any atom is 0.346 e. The summed E-state index contributed by atoms with van der Waals surface area (Å²) in [4.78, 5) is 46.5. The van der Waals surface area contributed by atoms with Gasteiger partial charge < -0.3 is 18.9 Å². The number of carbonyl (C=O) groups excluding carboxylic acids is 4. The van der Waals surface area contributed by atoms with Crippen LogP contribution in [-0.2, 0) is 19.1 Å². The molecule has 0 aliphatic heterocycles. The monoisotopic (exact) mass is 452 g/mol. The molecule has 0 saturated heterocycles. The molecule has 0 aliphatic carbocycles. The van der Waals surface area contributed by atoms with Crippen LogP contribution in [0.3, 0.4) is 0 Å². The van der Waals surface area contributed by atoms with Crippen LogP contribution in [0, 0.1) is 0 Å². The molecule has 2 rings (SSSR count). The van der Waals surface area contributed by atoms with Crippen LogP contribution in [0.25, 0.3) is 0 Å². The number of hydrogen-bond donors (Lipinski definition) is 0. The number of rotatable bonds is 10. The summed E-state index contributed by atoms with van der Waals surface area (Å²) in [7, 11) is 0. The van der Waals surface area contributed by atoms with Gasteiger partial charge in [-0.15, -0.1) is 0 Å². The van der Waals surface area contributed by atoms with E-state index in [1.807, 2.05) is 0 Å². The Morgan fingerprint density at radius 3 is 1.27 bits per heavy atom. The highest BCUT2D eigenvalue weighted by Gasteiger charge is 2.14. The lowest BCUT2D eigenvalue weighted by atomic mass is 10.2. The number of hydrogen-bond acceptors (Lipinski definition) is 8. The summed E-state index contributed by atoms with van der Waals surface area (Å²) in [6, 6.07) is 12.4. The zero-order valence-corrected chi connectivity index (χ0v) is 18.4. The Bertz CT molecular complexity index is 963. The molecular weight excluding hydrogens is 428 g/mol. The van der Waals surface area contributed by atoms with Crippen LogP contribution in [0.15, 0.2) is 72.8 Å². The predicted octanol–water partition coefficient (Wildman–Crippen LogP) is 4.05. The van der Waals surface area contributed by atoms with Crippen molar-refractivity contribution in [2.24, 2.45) is 0 Å². The quantitative estimate of drug-likeness (QED) is 0.230. The largest absolute Gasteiger partial charge is 0.493 e. The molecule has 2 aromatic carbocycles. The van der Waals surface area contributed by atoms with Crippen molar-refractivity contribution in [2.75, 3.05) is 13.2 Å². The fourth-order valence-corrected chi connectivity index (χ4v) is 2.27. The summed E-state index contributed by atoms with van der Waals surface area (Å²) < 4.78 is 20.5. The van der Waals surface area contributed by atoms with Gasteiger partial charge in [0, 0.05) is 17.6 Å². The van der Waals surface area contributed by atoms with Gasteiger partial charge in [-0.25, -0.2) is 19.2 Å². The van der Waals surface area contributed by atoms with E-state index >= 15 is 0 Å². The van der Waals surface area contributed by atoms with E-state index in [4.69, 9.17) is 9.47 Å². The standard InChI is InChI=1S/C25H24O8/c1-16(2)22(26)32-24(28)18-6-10-20(11-7-18)30-14-5-15-31-21-12-8-19(9-13-21)25(29)33-23(27)17(3)4/h6-13H,1,3,5,14-15H2,2,4H3. The fourth-order valence-electron chi connectivity index (χ4n) is 2.27. The lowest BCUT2D eigenvalue weighted by Crippen LogP contribution is -2.13. The zero-order valence-electron chi connectivity index (χ0n) is 18.4. The molecule has 0 saturated carbocycles. The fraction of sp³-hybridized carbons (Fsp3) is 0.200. The third-order valence-corrected chi connectivity index (χ3v) is 4.07. The Balaban J connectivity index is 1.72. The van der Waals surface area contributed by atoms with Crippen molar-refractivity contribution >= 4 is 23.9 Å². The van der Waals surface area contributed by atoms with Crippen molar-refractivity contribution in [2.45, 2.75) is 20.3 Å². The van der Waals surface area contributed by atoms with E-state index in [9.17, 15) is 19.2 Å². The van der Waals surface area contributed by atoms with Crippen LogP contribution in [0.1, 0.15) is 41.0 Å². The normalized spacial score (nSPS) is 10.0. The van der Waals surface area contributed by atoms with E-state index in [0.29, 0.717) is 31.1 Å². The molecule has 0 unspecified atom stereocenters. The molecule has 0 fully saturated rings. The lowest BCUT2D eigenvalue weighted by molar-refractivity contribution is -0.134. The molecule has 172 valence electrons. The Morgan fingerprint density at radius 1 is 0.636 bits per heavy atom. The van der Waals surface area contributed by atoms with Crippen molar-refractivity contribution in [3.8, 4) is 11.5 Å². The second-order valence-corrected chi connectivity index (χ2v) is 7.01. The van der Waals surface area contributed by atoms with Gasteiger partial charge in [0.1, 0.15) is 11.5 Å². The summed E-state index contributed by atoms with van der Waals surface area (Å²) >= 11 is 0. The second kappa shape index (κ2) is 12.0. The van der Waals surface area contributed by atoms with E-state index in [1.54, 1.807) is 24.3 Å². The highest BCUT2D eigenvalue weighted by Crippen LogP contribution is 2.15. The minimum Gasteiger partial charge on any atom is -0.493 e. The number of ether oxygens (including phenoxy) is 4. The summed E-state index contributed by atoms with van der Waals surface area (Å²) in [5.74, 6) is -1.97. The average Bonchev–Trinajstić information content (AvgIpc) is 2.79. The highest BCUT2D eigenvalue weighted by atomic mass is 16.6. The van der Waals surface area contributed by atoms with Crippen LogP contribution in [0.5, 0.6) is 11.5 Å². The SMILES string of the molecule is C=C(C)C(=O)OC(=O)c1ccc(OCCCOc2ccc(C(=O)OC(=O)C(=C)C)cc2)cc1. The van der Waals surface area contributed by atoms with Gasteiger partial charge in [0.25, 0.3) is 0 Å². The number of benzene rings is 2. The number of carbonyl (C=O) groups is 4. The van der Waals surface area contributed by atoms with Crippen LogP contribution >= 0.6 is 0 Å². The Hall–Kier alpha value is -4.20. The summed E-state index contributed by atoms with van der Waals surface area (Å²) in [5, 5.41) is 0. The van der Waals surface area contributed by atoms with E-state index in [0.717, 1.165) is 0 Å². The van der Waals surface area contributed by atoms with Gasteiger partial charge in [-0.3, -0.25) is 0 Å². The van der Waals surface area contributed by atoms with Gasteiger partial charge in [0.2, 0.25) is 0 Å². The first-order chi connectivity index (χ1) is 15.7. The average molecular weight is 452 g/mol. The van der Waals surface area contributed by atoms with Gasteiger partial charge in [-0.1, -0.05) is 13.2 Å². The Morgan fingerprint density at radius 2 is 0.970 bits per heavy atom. The van der Waals surface area contributed by atoms with Crippen LogP contribution < -0.4 is 9.47 Å². The summed E-state index contributed by atoms with van der Waals surface area (Å²) in [6.45, 7) is 10.5. The molecule has 0 atom stereocenters. The van der Waals surface area contributed by atoms with Crippen LogP contribution in [0.4, 0.5) is 0 Å².